The lowest BCUT2D eigenvalue weighted by atomic mass is 10.1. The summed E-state index contributed by atoms with van der Waals surface area (Å²) in [6.45, 7) is 7.52. The number of hydrogen-bond acceptors (Lipinski definition) is 3. The quantitative estimate of drug-likeness (QED) is 0.405. The van der Waals surface area contributed by atoms with Gasteiger partial charge in [0.2, 0.25) is 0 Å². The Hall–Kier alpha value is -2.24. The molecule has 0 spiro atoms. The molecule has 0 fully saturated rings. The number of carbonyl (C=O) groups is 1. The van der Waals surface area contributed by atoms with Gasteiger partial charge in [-0.3, -0.25) is 9.79 Å². The van der Waals surface area contributed by atoms with E-state index in [-0.39, 0.29) is 5.91 Å². The molecule has 0 aromatic heterocycles. The molecule has 1 atom stereocenters. The first-order chi connectivity index (χ1) is 11.0. The highest BCUT2D eigenvalue weighted by molar-refractivity contribution is 5.94. The zero-order valence-corrected chi connectivity index (χ0v) is 14.6. The molecule has 1 unspecified atom stereocenters. The summed E-state index contributed by atoms with van der Waals surface area (Å²) in [6, 6.07) is 7.41. The maximum Gasteiger partial charge on any atom is 0.251 e. The summed E-state index contributed by atoms with van der Waals surface area (Å²) in [4.78, 5) is 16.2. The van der Waals surface area contributed by atoms with Crippen molar-refractivity contribution in [2.45, 2.75) is 26.8 Å². The van der Waals surface area contributed by atoms with Gasteiger partial charge in [0.15, 0.2) is 5.96 Å². The lowest BCUT2D eigenvalue weighted by Gasteiger charge is -2.20. The Kier molecular flexibility index (Phi) is 7.94. The number of guanidine groups is 1. The van der Waals surface area contributed by atoms with Crippen LogP contribution in [0.25, 0.3) is 0 Å². The van der Waals surface area contributed by atoms with Crippen LogP contribution in [0, 0.1) is 5.92 Å². The number of nitrogens with zero attached hydrogens (tertiary/aromatic N) is 1. The Morgan fingerprint density at radius 2 is 1.91 bits per heavy atom. The number of nitrogens with one attached hydrogen (secondary N) is 3. The van der Waals surface area contributed by atoms with Crippen molar-refractivity contribution >= 4 is 11.9 Å². The van der Waals surface area contributed by atoms with Crippen molar-refractivity contribution in [2.75, 3.05) is 27.2 Å². The van der Waals surface area contributed by atoms with E-state index in [4.69, 9.17) is 4.74 Å². The second kappa shape index (κ2) is 9.71. The summed E-state index contributed by atoms with van der Waals surface area (Å²) in [5.41, 5.74) is 0.584. The summed E-state index contributed by atoms with van der Waals surface area (Å²) in [5, 5.41) is 9.36. The number of rotatable bonds is 7. The van der Waals surface area contributed by atoms with E-state index in [9.17, 15) is 4.79 Å². The highest BCUT2D eigenvalue weighted by Crippen LogP contribution is 2.12. The van der Waals surface area contributed by atoms with Crippen LogP contribution in [0.15, 0.2) is 29.3 Å². The third-order valence-corrected chi connectivity index (χ3v) is 3.62. The first kappa shape index (κ1) is 18.8. The number of ether oxygens (including phenoxy) is 1. The Morgan fingerprint density at radius 1 is 1.22 bits per heavy atom. The van der Waals surface area contributed by atoms with Gasteiger partial charge in [-0.1, -0.05) is 19.9 Å². The van der Waals surface area contributed by atoms with Gasteiger partial charge in [0.1, 0.15) is 5.75 Å². The second-order valence-corrected chi connectivity index (χ2v) is 5.66. The minimum Gasteiger partial charge on any atom is -0.497 e. The van der Waals surface area contributed by atoms with Crippen LogP contribution in [0.3, 0.4) is 0 Å². The average Bonchev–Trinajstić information content (AvgIpc) is 2.56. The molecule has 6 heteroatoms. The summed E-state index contributed by atoms with van der Waals surface area (Å²) in [5.74, 6) is 1.80. The van der Waals surface area contributed by atoms with Gasteiger partial charge in [0, 0.05) is 31.7 Å². The van der Waals surface area contributed by atoms with Crippen LogP contribution in [-0.2, 0) is 0 Å². The van der Waals surface area contributed by atoms with Crippen LogP contribution in [0.5, 0.6) is 5.75 Å². The molecule has 0 bridgehead atoms. The molecular formula is C17H28N4O2. The normalized spacial score (nSPS) is 12.7. The van der Waals surface area contributed by atoms with Gasteiger partial charge in [-0.2, -0.15) is 0 Å². The molecule has 1 aromatic rings. The number of benzene rings is 1. The predicted octanol–water partition coefficient (Wildman–Crippen LogP) is 1.63. The first-order valence-corrected chi connectivity index (χ1v) is 7.87. The fourth-order valence-electron chi connectivity index (χ4n) is 1.80. The average molecular weight is 320 g/mol. The van der Waals surface area contributed by atoms with Crippen LogP contribution >= 0.6 is 0 Å². The zero-order chi connectivity index (χ0) is 17.2. The van der Waals surface area contributed by atoms with Gasteiger partial charge in [0.25, 0.3) is 5.91 Å². The van der Waals surface area contributed by atoms with Crippen LogP contribution < -0.4 is 20.7 Å². The lowest BCUT2D eigenvalue weighted by Crippen LogP contribution is -2.46. The molecule has 0 aliphatic rings. The molecule has 23 heavy (non-hydrogen) atoms. The van der Waals surface area contributed by atoms with Gasteiger partial charge in [0.05, 0.1) is 7.11 Å². The molecule has 0 radical (unpaired) electrons. The molecule has 1 amide bonds. The molecule has 6 nitrogen and oxygen atoms in total. The van der Waals surface area contributed by atoms with Crippen LogP contribution in [0.4, 0.5) is 0 Å². The highest BCUT2D eigenvalue weighted by atomic mass is 16.5. The largest absolute Gasteiger partial charge is 0.497 e. The van der Waals surface area contributed by atoms with E-state index in [0.717, 1.165) is 5.96 Å². The molecule has 3 N–H and O–H groups in total. The third-order valence-electron chi connectivity index (χ3n) is 3.62. The number of aliphatic imine (C=N–C) groups is 1. The van der Waals surface area contributed by atoms with E-state index in [2.05, 4.69) is 41.7 Å². The Bertz CT molecular complexity index is 529. The molecule has 0 saturated carbocycles. The molecule has 1 rings (SSSR count). The van der Waals surface area contributed by atoms with Gasteiger partial charge in [-0.25, -0.2) is 0 Å². The minimum absolute atomic E-state index is 0.121. The van der Waals surface area contributed by atoms with Crippen LogP contribution in [0.2, 0.25) is 0 Å². The highest BCUT2D eigenvalue weighted by Gasteiger charge is 2.09. The minimum atomic E-state index is -0.121. The SMILES string of the molecule is CN=C(NCCNC(=O)c1cccc(OC)c1)NC(C)C(C)C. The summed E-state index contributed by atoms with van der Waals surface area (Å²) >= 11 is 0. The van der Waals surface area contributed by atoms with E-state index in [1.54, 1.807) is 32.4 Å². The van der Waals surface area contributed by atoms with Crippen LogP contribution in [-0.4, -0.2) is 45.2 Å². The standard InChI is InChI=1S/C17H28N4O2/c1-12(2)13(3)21-17(18-4)20-10-9-19-16(22)14-7-6-8-15(11-14)23-5/h6-8,11-13H,9-10H2,1-5H3,(H,19,22)(H2,18,20,21). The number of methoxy groups -OCH3 is 1. The van der Waals surface area contributed by atoms with E-state index < -0.39 is 0 Å². The van der Waals surface area contributed by atoms with Gasteiger partial charge in [-0.15, -0.1) is 0 Å². The van der Waals surface area contributed by atoms with E-state index in [1.165, 1.54) is 0 Å². The first-order valence-electron chi connectivity index (χ1n) is 7.87. The van der Waals surface area contributed by atoms with Crippen LogP contribution in [0.1, 0.15) is 31.1 Å². The molecular weight excluding hydrogens is 292 g/mol. The maximum absolute atomic E-state index is 12.1. The monoisotopic (exact) mass is 320 g/mol. The predicted molar refractivity (Wildman–Crippen MR) is 94.1 cm³/mol. The topological polar surface area (TPSA) is 74.8 Å². The third kappa shape index (κ3) is 6.59. The van der Waals surface area contributed by atoms with E-state index in [0.29, 0.717) is 36.4 Å². The van der Waals surface area contributed by atoms with Crippen molar-refractivity contribution in [3.05, 3.63) is 29.8 Å². The second-order valence-electron chi connectivity index (χ2n) is 5.66. The fourth-order valence-corrected chi connectivity index (χ4v) is 1.80. The Labute approximate surface area is 138 Å². The number of hydrogen-bond donors (Lipinski definition) is 3. The summed E-state index contributed by atoms with van der Waals surface area (Å²) in [7, 11) is 3.31. The van der Waals surface area contributed by atoms with E-state index in [1.807, 2.05) is 6.07 Å². The molecule has 1 aromatic carbocycles. The maximum atomic E-state index is 12.1. The van der Waals surface area contributed by atoms with Crippen molar-refractivity contribution in [3.8, 4) is 5.75 Å². The summed E-state index contributed by atoms with van der Waals surface area (Å²) < 4.78 is 5.12. The van der Waals surface area contributed by atoms with Gasteiger partial charge >= 0.3 is 0 Å². The molecule has 0 heterocycles. The summed E-state index contributed by atoms with van der Waals surface area (Å²) in [6.07, 6.45) is 0. The Balaban J connectivity index is 2.37. The molecule has 128 valence electrons. The van der Waals surface area contributed by atoms with E-state index >= 15 is 0 Å². The van der Waals surface area contributed by atoms with Crippen molar-refractivity contribution in [1.29, 1.82) is 0 Å². The number of carbonyl (C=O) groups excluding carboxylic acids is 1. The lowest BCUT2D eigenvalue weighted by molar-refractivity contribution is 0.0954. The number of amides is 1. The van der Waals surface area contributed by atoms with Crippen molar-refractivity contribution < 1.29 is 9.53 Å². The van der Waals surface area contributed by atoms with Crippen molar-refractivity contribution in [3.63, 3.8) is 0 Å². The fraction of sp³-hybridized carbons (Fsp3) is 0.529. The van der Waals surface area contributed by atoms with Crippen molar-refractivity contribution in [1.82, 2.24) is 16.0 Å². The van der Waals surface area contributed by atoms with Gasteiger partial charge in [-0.05, 0) is 31.0 Å². The van der Waals surface area contributed by atoms with Crippen molar-refractivity contribution in [2.24, 2.45) is 10.9 Å². The van der Waals surface area contributed by atoms with Gasteiger partial charge < -0.3 is 20.7 Å². The zero-order valence-electron chi connectivity index (χ0n) is 14.6. The Morgan fingerprint density at radius 3 is 2.52 bits per heavy atom. The molecule has 0 aliphatic carbocycles. The molecule has 0 aliphatic heterocycles. The smallest absolute Gasteiger partial charge is 0.251 e. The molecule has 0 saturated heterocycles.